The monoisotopic (exact) mass is 485 g/mol. The molecule has 0 fully saturated rings. The van der Waals surface area contributed by atoms with Crippen LogP contribution in [0.1, 0.15) is 18.5 Å². The van der Waals surface area contributed by atoms with Crippen molar-refractivity contribution in [1.82, 2.24) is 14.5 Å². The smallest absolute Gasteiger partial charge is 0.328 e. The first kappa shape index (κ1) is 23.5. The van der Waals surface area contributed by atoms with Crippen LogP contribution in [0.5, 0.6) is 11.5 Å². The maximum absolute atomic E-state index is 14.5. The van der Waals surface area contributed by atoms with Gasteiger partial charge in [0.2, 0.25) is 0 Å². The molecule has 178 valence electrons. The Morgan fingerprint density at radius 3 is 2.56 bits per heavy atom. The molecule has 2 aromatic carbocycles. The van der Waals surface area contributed by atoms with Crippen LogP contribution in [0.2, 0.25) is 0 Å². The van der Waals surface area contributed by atoms with Crippen molar-refractivity contribution in [2.75, 3.05) is 25.7 Å². The predicted molar refractivity (Wildman–Crippen MR) is 128 cm³/mol. The highest BCUT2D eigenvalue weighted by atomic mass is 32.2. The van der Waals surface area contributed by atoms with E-state index in [-0.39, 0.29) is 11.4 Å². The lowest BCUT2D eigenvalue weighted by Gasteiger charge is -2.20. The van der Waals surface area contributed by atoms with Crippen LogP contribution in [0.25, 0.3) is 22.3 Å². The zero-order valence-electron chi connectivity index (χ0n) is 18.9. The van der Waals surface area contributed by atoms with Crippen molar-refractivity contribution >= 4 is 21.0 Å². The number of hydrogen-bond donors (Lipinski definition) is 1. The number of imidazole rings is 1. The third kappa shape index (κ3) is 4.54. The van der Waals surface area contributed by atoms with Gasteiger partial charge in [-0.3, -0.25) is 4.57 Å². The van der Waals surface area contributed by atoms with Crippen LogP contribution in [0.15, 0.2) is 59.5 Å². The predicted octanol–water partition coefficient (Wildman–Crippen LogP) is 3.57. The second-order valence-electron chi connectivity index (χ2n) is 7.79. The van der Waals surface area contributed by atoms with Gasteiger partial charge in [-0.2, -0.15) is 0 Å². The minimum absolute atomic E-state index is 0.216. The minimum Gasteiger partial charge on any atom is -0.493 e. The summed E-state index contributed by atoms with van der Waals surface area (Å²) in [6.45, 7) is 2.19. The Balaban J connectivity index is 1.96. The molecule has 4 rings (SSSR count). The number of sulfone groups is 1. The number of rotatable bonds is 8. The summed E-state index contributed by atoms with van der Waals surface area (Å²) >= 11 is 0. The molecule has 1 atom stereocenters. The number of pyridine rings is 1. The van der Waals surface area contributed by atoms with Gasteiger partial charge in [-0.15, -0.1) is 0 Å². The molecule has 4 aromatic rings. The summed E-state index contributed by atoms with van der Waals surface area (Å²) in [4.78, 5) is 20.3. The Bertz CT molecular complexity index is 1510. The van der Waals surface area contributed by atoms with Gasteiger partial charge >= 0.3 is 5.69 Å². The van der Waals surface area contributed by atoms with E-state index in [0.717, 1.165) is 6.26 Å². The summed E-state index contributed by atoms with van der Waals surface area (Å²) in [5.74, 6) is 0.0974. The fourth-order valence-corrected chi connectivity index (χ4v) is 4.90. The average Bonchev–Trinajstić information content (AvgIpc) is 3.13. The zero-order chi connectivity index (χ0) is 24.5. The first-order valence-corrected chi connectivity index (χ1v) is 12.6. The van der Waals surface area contributed by atoms with Crippen molar-refractivity contribution in [3.8, 4) is 22.6 Å². The third-order valence-electron chi connectivity index (χ3n) is 5.42. The highest BCUT2D eigenvalue weighted by molar-refractivity contribution is 7.90. The molecule has 0 spiro atoms. The van der Waals surface area contributed by atoms with Crippen molar-refractivity contribution in [3.05, 3.63) is 76.6 Å². The van der Waals surface area contributed by atoms with E-state index < -0.39 is 27.4 Å². The fourth-order valence-electron chi connectivity index (χ4n) is 3.99. The second kappa shape index (κ2) is 9.30. The van der Waals surface area contributed by atoms with E-state index in [9.17, 15) is 17.6 Å². The fraction of sp³-hybridized carbons (Fsp3) is 0.250. The molecule has 8 nitrogen and oxygen atoms in total. The quantitative estimate of drug-likeness (QED) is 0.409. The number of aromatic amines is 1. The van der Waals surface area contributed by atoms with E-state index in [0.29, 0.717) is 40.3 Å². The van der Waals surface area contributed by atoms with Gasteiger partial charge < -0.3 is 14.5 Å². The SMILES string of the molecule is CCOc1cc([C@@H](CS(C)(=O)=O)n2c(=O)[nH]c3c(-c4ccccc4F)ccnc32)ccc1OC. The van der Waals surface area contributed by atoms with E-state index in [1.807, 2.05) is 6.92 Å². The van der Waals surface area contributed by atoms with Gasteiger partial charge in [0.25, 0.3) is 0 Å². The molecule has 0 bridgehead atoms. The third-order valence-corrected chi connectivity index (χ3v) is 6.34. The molecular formula is C24H24FN3O5S. The van der Waals surface area contributed by atoms with E-state index in [1.165, 1.54) is 23.9 Å². The maximum atomic E-state index is 14.5. The van der Waals surface area contributed by atoms with Crippen molar-refractivity contribution in [2.45, 2.75) is 13.0 Å². The number of benzene rings is 2. The van der Waals surface area contributed by atoms with Crippen LogP contribution in [-0.2, 0) is 9.84 Å². The van der Waals surface area contributed by atoms with Crippen molar-refractivity contribution < 1.29 is 22.3 Å². The molecular weight excluding hydrogens is 461 g/mol. The molecule has 0 radical (unpaired) electrons. The largest absolute Gasteiger partial charge is 0.493 e. The minimum atomic E-state index is -3.53. The Hall–Kier alpha value is -3.66. The summed E-state index contributed by atoms with van der Waals surface area (Å²) < 4.78 is 51.5. The molecule has 0 saturated carbocycles. The molecule has 0 aliphatic heterocycles. The normalized spacial score (nSPS) is 12.6. The van der Waals surface area contributed by atoms with Crippen LogP contribution in [-0.4, -0.2) is 48.7 Å². The number of H-pyrrole nitrogens is 1. The standard InChI is InChI=1S/C24H24FN3O5S/c1-4-33-21-13-15(9-10-20(21)32-2)19(14-34(3,30)31)28-23-22(27-24(28)29)17(11-12-26-23)16-7-5-6-8-18(16)25/h5-13,19H,4,14H2,1-3H3,(H,27,29)/t19-/m1/s1. The topological polar surface area (TPSA) is 103 Å². The van der Waals surface area contributed by atoms with Crippen molar-refractivity contribution in [1.29, 1.82) is 0 Å². The van der Waals surface area contributed by atoms with Crippen molar-refractivity contribution in [3.63, 3.8) is 0 Å². The second-order valence-corrected chi connectivity index (χ2v) is 9.97. The lowest BCUT2D eigenvalue weighted by molar-refractivity contribution is 0.310. The summed E-state index contributed by atoms with van der Waals surface area (Å²) in [7, 11) is -2.02. The highest BCUT2D eigenvalue weighted by Crippen LogP contribution is 2.34. The summed E-state index contributed by atoms with van der Waals surface area (Å²) in [6, 6.07) is 11.9. The Morgan fingerprint density at radius 1 is 1.12 bits per heavy atom. The highest BCUT2D eigenvalue weighted by Gasteiger charge is 2.26. The number of aromatic nitrogens is 3. The van der Waals surface area contributed by atoms with Gasteiger partial charge in [0.05, 0.1) is 31.0 Å². The molecule has 2 aromatic heterocycles. The molecule has 2 heterocycles. The van der Waals surface area contributed by atoms with E-state index in [2.05, 4.69) is 9.97 Å². The molecule has 0 aliphatic carbocycles. The molecule has 1 N–H and O–H groups in total. The van der Waals surface area contributed by atoms with Gasteiger partial charge in [0.15, 0.2) is 17.1 Å². The van der Waals surface area contributed by atoms with Crippen LogP contribution in [0.3, 0.4) is 0 Å². The maximum Gasteiger partial charge on any atom is 0.328 e. The van der Waals surface area contributed by atoms with Gasteiger partial charge in [-0.1, -0.05) is 24.3 Å². The van der Waals surface area contributed by atoms with E-state index >= 15 is 0 Å². The number of nitrogens with one attached hydrogen (secondary N) is 1. The Kier molecular flexibility index (Phi) is 6.43. The Labute approximate surface area is 195 Å². The molecule has 34 heavy (non-hydrogen) atoms. The van der Waals surface area contributed by atoms with Crippen molar-refractivity contribution in [2.24, 2.45) is 0 Å². The van der Waals surface area contributed by atoms with Crippen LogP contribution in [0, 0.1) is 5.82 Å². The zero-order valence-corrected chi connectivity index (χ0v) is 19.7. The van der Waals surface area contributed by atoms with E-state index in [1.54, 1.807) is 42.5 Å². The number of methoxy groups -OCH3 is 1. The first-order chi connectivity index (χ1) is 16.2. The average molecular weight is 486 g/mol. The van der Waals surface area contributed by atoms with Crippen LogP contribution < -0.4 is 15.2 Å². The summed E-state index contributed by atoms with van der Waals surface area (Å²) in [5.41, 5.74) is 1.24. The molecule has 10 heteroatoms. The number of nitrogens with zero attached hydrogens (tertiary/aromatic N) is 2. The number of ether oxygens (including phenoxy) is 2. The lowest BCUT2D eigenvalue weighted by atomic mass is 10.0. The summed E-state index contributed by atoms with van der Waals surface area (Å²) in [6.07, 6.45) is 2.57. The van der Waals surface area contributed by atoms with Gasteiger partial charge in [-0.25, -0.2) is 22.6 Å². The molecule has 0 saturated heterocycles. The number of halogens is 1. The summed E-state index contributed by atoms with van der Waals surface area (Å²) in [5, 5.41) is 0. The number of hydrogen-bond acceptors (Lipinski definition) is 6. The molecule has 0 aliphatic rings. The molecule has 0 amide bonds. The number of fused-ring (bicyclic) bond motifs is 1. The van der Waals surface area contributed by atoms with Crippen LogP contribution >= 0.6 is 0 Å². The van der Waals surface area contributed by atoms with Gasteiger partial charge in [0.1, 0.15) is 15.7 Å². The lowest BCUT2D eigenvalue weighted by Crippen LogP contribution is -2.28. The van der Waals surface area contributed by atoms with Gasteiger partial charge in [0, 0.05) is 23.6 Å². The van der Waals surface area contributed by atoms with Crippen LogP contribution in [0.4, 0.5) is 4.39 Å². The molecule has 0 unspecified atom stereocenters. The van der Waals surface area contributed by atoms with Gasteiger partial charge in [-0.05, 0) is 36.8 Å². The Morgan fingerprint density at radius 2 is 1.88 bits per heavy atom. The first-order valence-electron chi connectivity index (χ1n) is 10.6. The van der Waals surface area contributed by atoms with E-state index in [4.69, 9.17) is 9.47 Å².